The summed E-state index contributed by atoms with van der Waals surface area (Å²) >= 11 is 3.42. The minimum atomic E-state index is -0.519. The molecule has 0 aliphatic heterocycles. The first kappa shape index (κ1) is 16.3. The van der Waals surface area contributed by atoms with Crippen LogP contribution in [0.25, 0.3) is 16.9 Å². The Morgan fingerprint density at radius 1 is 1.21 bits per heavy atom. The lowest BCUT2D eigenvalue weighted by Gasteiger charge is -2.07. The maximum atomic E-state index is 11.4. The Labute approximate surface area is 146 Å². The Morgan fingerprint density at radius 2 is 1.96 bits per heavy atom. The zero-order valence-corrected chi connectivity index (χ0v) is 14.7. The van der Waals surface area contributed by atoms with Crippen molar-refractivity contribution in [2.75, 3.05) is 14.2 Å². The topological polar surface area (TPSA) is 77.8 Å². The first-order chi connectivity index (χ1) is 11.6. The second kappa shape index (κ2) is 6.88. The number of fused-ring (bicyclic) bond motifs is 1. The fraction of sp³-hybridized carbons (Fsp3) is 0.188. The van der Waals surface area contributed by atoms with Gasteiger partial charge in [-0.25, -0.2) is 14.3 Å². The van der Waals surface area contributed by atoms with Gasteiger partial charge < -0.3 is 14.8 Å². The molecule has 2 aromatic heterocycles. The highest BCUT2D eigenvalue weighted by atomic mass is 79.9. The molecule has 0 saturated carbocycles. The molecule has 24 heavy (non-hydrogen) atoms. The Kier molecular flexibility index (Phi) is 4.66. The van der Waals surface area contributed by atoms with Gasteiger partial charge in [-0.05, 0) is 18.2 Å². The maximum absolute atomic E-state index is 11.4. The van der Waals surface area contributed by atoms with Crippen molar-refractivity contribution in [2.24, 2.45) is 0 Å². The number of amides is 1. The van der Waals surface area contributed by atoms with Crippen LogP contribution in [0.3, 0.4) is 0 Å². The Morgan fingerprint density at radius 3 is 2.62 bits per heavy atom. The quantitative estimate of drug-likeness (QED) is 0.740. The predicted octanol–water partition coefficient (Wildman–Crippen LogP) is 3.02. The van der Waals surface area contributed by atoms with E-state index < -0.39 is 6.09 Å². The number of nitrogens with zero attached hydrogens (tertiary/aromatic N) is 3. The van der Waals surface area contributed by atoms with Crippen molar-refractivity contribution in [3.05, 3.63) is 46.6 Å². The lowest BCUT2D eigenvalue weighted by molar-refractivity contribution is 0.170. The predicted molar refractivity (Wildman–Crippen MR) is 91.9 cm³/mol. The van der Waals surface area contributed by atoms with Crippen molar-refractivity contribution < 1.29 is 14.3 Å². The number of imidazole rings is 1. The molecule has 8 heteroatoms. The number of halogens is 1. The van der Waals surface area contributed by atoms with Crippen molar-refractivity contribution in [3.8, 4) is 17.1 Å². The molecular weight excluding hydrogens is 376 g/mol. The molecule has 3 rings (SSSR count). The molecule has 0 saturated heterocycles. The molecule has 1 N–H and O–H groups in total. The first-order valence-electron chi connectivity index (χ1n) is 7.13. The molecular formula is C16H15BrN4O3. The van der Waals surface area contributed by atoms with Crippen LogP contribution in [0.15, 0.2) is 40.9 Å². The van der Waals surface area contributed by atoms with Crippen LogP contribution >= 0.6 is 15.9 Å². The SMILES string of the molecule is COC(=O)NCc1c(-c2ccc(Br)cc2)nc2ccc(OC)nn12. The third kappa shape index (κ3) is 3.18. The van der Waals surface area contributed by atoms with Crippen LogP contribution in [0.1, 0.15) is 5.69 Å². The normalized spacial score (nSPS) is 10.6. The minimum absolute atomic E-state index is 0.222. The van der Waals surface area contributed by atoms with Crippen molar-refractivity contribution >= 4 is 27.7 Å². The summed E-state index contributed by atoms with van der Waals surface area (Å²) in [6.45, 7) is 0.222. The van der Waals surface area contributed by atoms with Crippen LogP contribution in [0.2, 0.25) is 0 Å². The molecule has 0 radical (unpaired) electrons. The monoisotopic (exact) mass is 390 g/mol. The van der Waals surface area contributed by atoms with E-state index >= 15 is 0 Å². The molecule has 0 bridgehead atoms. The van der Waals surface area contributed by atoms with Crippen molar-refractivity contribution in [1.82, 2.24) is 19.9 Å². The minimum Gasteiger partial charge on any atom is -0.480 e. The summed E-state index contributed by atoms with van der Waals surface area (Å²) in [5.41, 5.74) is 3.05. The van der Waals surface area contributed by atoms with Crippen LogP contribution in [0.5, 0.6) is 5.88 Å². The van der Waals surface area contributed by atoms with Gasteiger partial charge in [0.1, 0.15) is 0 Å². The molecule has 0 unspecified atom stereocenters. The van der Waals surface area contributed by atoms with Gasteiger partial charge in [-0.15, -0.1) is 5.10 Å². The van der Waals surface area contributed by atoms with Gasteiger partial charge >= 0.3 is 6.09 Å². The lowest BCUT2D eigenvalue weighted by Crippen LogP contribution is -2.23. The molecule has 0 aliphatic rings. The molecule has 1 aromatic carbocycles. The second-order valence-electron chi connectivity index (χ2n) is 4.90. The van der Waals surface area contributed by atoms with Crippen LogP contribution < -0.4 is 10.1 Å². The second-order valence-corrected chi connectivity index (χ2v) is 5.82. The highest BCUT2D eigenvalue weighted by molar-refractivity contribution is 9.10. The van der Waals surface area contributed by atoms with E-state index in [9.17, 15) is 4.79 Å². The largest absolute Gasteiger partial charge is 0.480 e. The summed E-state index contributed by atoms with van der Waals surface area (Å²) < 4.78 is 12.4. The number of hydrogen-bond acceptors (Lipinski definition) is 5. The molecule has 0 atom stereocenters. The fourth-order valence-corrected chi connectivity index (χ4v) is 2.56. The molecule has 0 spiro atoms. The summed E-state index contributed by atoms with van der Waals surface area (Å²) in [7, 11) is 2.87. The third-order valence-electron chi connectivity index (χ3n) is 3.46. The molecule has 3 aromatic rings. The number of alkyl carbamates (subject to hydrolysis) is 1. The van der Waals surface area contributed by atoms with Gasteiger partial charge in [0, 0.05) is 16.1 Å². The van der Waals surface area contributed by atoms with E-state index in [-0.39, 0.29) is 6.54 Å². The smallest absolute Gasteiger partial charge is 0.407 e. The number of hydrogen-bond donors (Lipinski definition) is 1. The van der Waals surface area contributed by atoms with Gasteiger partial charge in [-0.1, -0.05) is 28.1 Å². The van der Waals surface area contributed by atoms with Crippen molar-refractivity contribution in [2.45, 2.75) is 6.54 Å². The summed E-state index contributed by atoms with van der Waals surface area (Å²) in [4.78, 5) is 16.1. The number of nitrogens with one attached hydrogen (secondary N) is 1. The average molecular weight is 391 g/mol. The van der Waals surface area contributed by atoms with Gasteiger partial charge in [0.15, 0.2) is 5.65 Å². The molecule has 124 valence electrons. The Hall–Kier alpha value is -2.61. The Bertz CT molecular complexity index is 877. The average Bonchev–Trinajstić information content (AvgIpc) is 2.97. The molecule has 1 amide bonds. The van der Waals surface area contributed by atoms with Gasteiger partial charge in [-0.3, -0.25) is 0 Å². The van der Waals surface area contributed by atoms with Crippen LogP contribution in [0, 0.1) is 0 Å². The number of rotatable bonds is 4. The van der Waals surface area contributed by atoms with Gasteiger partial charge in [-0.2, -0.15) is 0 Å². The maximum Gasteiger partial charge on any atom is 0.407 e. The number of benzene rings is 1. The lowest BCUT2D eigenvalue weighted by atomic mass is 10.1. The van der Waals surface area contributed by atoms with Crippen LogP contribution in [-0.2, 0) is 11.3 Å². The highest BCUT2D eigenvalue weighted by Crippen LogP contribution is 2.26. The number of ether oxygens (including phenoxy) is 2. The zero-order valence-electron chi connectivity index (χ0n) is 13.1. The first-order valence-corrected chi connectivity index (χ1v) is 7.92. The molecule has 7 nitrogen and oxygen atoms in total. The third-order valence-corrected chi connectivity index (χ3v) is 3.99. The summed E-state index contributed by atoms with van der Waals surface area (Å²) in [6.07, 6.45) is -0.519. The van der Waals surface area contributed by atoms with E-state index in [1.807, 2.05) is 30.3 Å². The zero-order chi connectivity index (χ0) is 17.1. The molecule has 0 fully saturated rings. The van der Waals surface area contributed by atoms with Gasteiger partial charge in [0.2, 0.25) is 5.88 Å². The number of carbonyl (C=O) groups is 1. The van der Waals surface area contributed by atoms with E-state index in [0.29, 0.717) is 11.5 Å². The van der Waals surface area contributed by atoms with Crippen LogP contribution in [-0.4, -0.2) is 34.9 Å². The number of methoxy groups -OCH3 is 2. The van der Waals surface area contributed by atoms with E-state index in [2.05, 4.69) is 36.1 Å². The summed E-state index contributed by atoms with van der Waals surface area (Å²) in [5.74, 6) is 0.460. The van der Waals surface area contributed by atoms with E-state index in [4.69, 9.17) is 4.74 Å². The Balaban J connectivity index is 2.11. The number of carbonyl (C=O) groups excluding carboxylic acids is 1. The van der Waals surface area contributed by atoms with Crippen molar-refractivity contribution in [3.63, 3.8) is 0 Å². The van der Waals surface area contributed by atoms with Gasteiger partial charge in [0.25, 0.3) is 0 Å². The molecule has 2 heterocycles. The van der Waals surface area contributed by atoms with E-state index in [0.717, 1.165) is 21.4 Å². The van der Waals surface area contributed by atoms with Gasteiger partial charge in [0.05, 0.1) is 32.2 Å². The van der Waals surface area contributed by atoms with E-state index in [1.165, 1.54) is 7.11 Å². The fourth-order valence-electron chi connectivity index (χ4n) is 2.30. The highest BCUT2D eigenvalue weighted by Gasteiger charge is 2.16. The van der Waals surface area contributed by atoms with Crippen LogP contribution in [0.4, 0.5) is 4.79 Å². The number of aromatic nitrogens is 3. The summed E-state index contributed by atoms with van der Waals surface area (Å²) in [6, 6.07) is 11.3. The van der Waals surface area contributed by atoms with E-state index in [1.54, 1.807) is 17.7 Å². The standard InChI is InChI=1S/C16H15BrN4O3/c1-23-14-8-7-13-19-15(10-3-5-11(17)6-4-10)12(21(13)20-14)9-18-16(22)24-2/h3-8H,9H2,1-2H3,(H,18,22). The summed E-state index contributed by atoms with van der Waals surface area (Å²) in [5, 5.41) is 7.07. The molecule has 0 aliphatic carbocycles. The van der Waals surface area contributed by atoms with Crippen molar-refractivity contribution in [1.29, 1.82) is 0 Å².